The molecular weight excluding hydrogens is 178 g/mol. The summed E-state index contributed by atoms with van der Waals surface area (Å²) in [6.45, 7) is 0. The van der Waals surface area contributed by atoms with Gasteiger partial charge >= 0.3 is 0 Å². The van der Waals surface area contributed by atoms with Gasteiger partial charge in [0.05, 0.1) is 0 Å². The van der Waals surface area contributed by atoms with E-state index in [4.69, 9.17) is 0 Å². The molecule has 1 N–H and O–H groups in total. The number of ketones is 1. The molecule has 0 aromatic heterocycles. The lowest BCUT2D eigenvalue weighted by Crippen LogP contribution is -2.42. The van der Waals surface area contributed by atoms with E-state index < -0.39 is 0 Å². The highest BCUT2D eigenvalue weighted by Crippen LogP contribution is 2.27. The largest absolute Gasteiger partial charge is 0.349 e. The van der Waals surface area contributed by atoms with E-state index in [1.807, 2.05) is 6.08 Å². The fourth-order valence-corrected chi connectivity index (χ4v) is 2.29. The number of rotatable bonds is 1. The second-order valence-corrected chi connectivity index (χ2v) is 4.13. The molecule has 2 rings (SSSR count). The first-order valence-corrected chi connectivity index (χ1v) is 5.24. The number of hydrogen-bond donors (Lipinski definition) is 1. The molecule has 1 heterocycles. The van der Waals surface area contributed by atoms with E-state index >= 15 is 0 Å². The summed E-state index contributed by atoms with van der Waals surface area (Å²) in [6, 6.07) is 0.264. The van der Waals surface area contributed by atoms with Crippen LogP contribution in [0.5, 0.6) is 0 Å². The maximum atomic E-state index is 11.1. The number of carbonyl (C=O) groups excluding carboxylic acids is 2. The van der Waals surface area contributed by atoms with Gasteiger partial charge in [-0.25, -0.2) is 0 Å². The first-order valence-electron chi connectivity index (χ1n) is 5.24. The minimum atomic E-state index is 0.0122. The quantitative estimate of drug-likeness (QED) is 0.680. The van der Waals surface area contributed by atoms with Crippen molar-refractivity contribution in [1.29, 1.82) is 0 Å². The highest BCUT2D eigenvalue weighted by molar-refractivity contribution is 5.88. The molecule has 3 heteroatoms. The van der Waals surface area contributed by atoms with Gasteiger partial charge in [-0.05, 0) is 31.3 Å². The van der Waals surface area contributed by atoms with Crippen LogP contribution in [0.3, 0.4) is 0 Å². The van der Waals surface area contributed by atoms with E-state index in [0.717, 1.165) is 19.3 Å². The smallest absolute Gasteiger partial charge is 0.243 e. The third-order valence-corrected chi connectivity index (χ3v) is 3.14. The fourth-order valence-electron chi connectivity index (χ4n) is 2.29. The van der Waals surface area contributed by atoms with Crippen LogP contribution < -0.4 is 5.32 Å². The van der Waals surface area contributed by atoms with Crippen molar-refractivity contribution in [1.82, 2.24) is 5.32 Å². The van der Waals surface area contributed by atoms with Gasteiger partial charge in [-0.3, -0.25) is 9.59 Å². The number of Topliss-reactive ketones (excluding diaryl/α,β-unsaturated/α-hetero) is 1. The van der Waals surface area contributed by atoms with Crippen LogP contribution in [0.4, 0.5) is 0 Å². The molecule has 0 saturated heterocycles. The highest BCUT2D eigenvalue weighted by atomic mass is 16.1. The monoisotopic (exact) mass is 193 g/mol. The van der Waals surface area contributed by atoms with Crippen LogP contribution in [-0.2, 0) is 9.59 Å². The lowest BCUT2D eigenvalue weighted by molar-refractivity contribution is -0.121. The Labute approximate surface area is 83.6 Å². The van der Waals surface area contributed by atoms with Crippen LogP contribution in [0.15, 0.2) is 12.2 Å². The second-order valence-electron chi connectivity index (χ2n) is 4.13. The van der Waals surface area contributed by atoms with Crippen molar-refractivity contribution in [2.24, 2.45) is 5.92 Å². The molecule has 1 saturated carbocycles. The van der Waals surface area contributed by atoms with Crippen LogP contribution in [-0.4, -0.2) is 17.7 Å². The summed E-state index contributed by atoms with van der Waals surface area (Å²) in [5, 5.41) is 2.96. The topological polar surface area (TPSA) is 46.2 Å². The molecule has 1 aliphatic carbocycles. The van der Waals surface area contributed by atoms with Crippen LogP contribution in [0.1, 0.15) is 32.1 Å². The number of carbonyl (C=O) groups is 2. The Morgan fingerprint density at radius 3 is 2.57 bits per heavy atom. The summed E-state index contributed by atoms with van der Waals surface area (Å²) >= 11 is 0. The Hall–Kier alpha value is -1.12. The molecule has 1 atom stereocenters. The second kappa shape index (κ2) is 3.95. The normalized spacial score (nSPS) is 29.0. The standard InChI is InChI=1S/C11H15NO2/c13-9-6-4-8(5-7-9)10-2-1-3-11(14)12-10/h1,3,8,10H,2,4-7H2,(H,12,14). The van der Waals surface area contributed by atoms with E-state index in [9.17, 15) is 9.59 Å². The summed E-state index contributed by atoms with van der Waals surface area (Å²) in [5.41, 5.74) is 0. The first-order chi connectivity index (χ1) is 6.75. The molecule has 0 spiro atoms. The molecule has 0 aromatic carbocycles. The Morgan fingerprint density at radius 1 is 1.21 bits per heavy atom. The summed E-state index contributed by atoms with van der Waals surface area (Å²) in [7, 11) is 0. The molecule has 14 heavy (non-hydrogen) atoms. The van der Waals surface area contributed by atoms with Gasteiger partial charge < -0.3 is 5.32 Å². The first kappa shape index (κ1) is 9.44. The van der Waals surface area contributed by atoms with E-state index in [1.165, 1.54) is 0 Å². The molecule has 1 unspecified atom stereocenters. The van der Waals surface area contributed by atoms with Gasteiger partial charge in [0.2, 0.25) is 5.91 Å². The summed E-state index contributed by atoms with van der Waals surface area (Å²) in [5.74, 6) is 0.888. The SMILES string of the molecule is O=C1CCC(C2CC=CC(=O)N2)CC1. The fraction of sp³-hybridized carbons (Fsp3) is 0.636. The van der Waals surface area contributed by atoms with Crippen molar-refractivity contribution < 1.29 is 9.59 Å². The molecule has 2 aliphatic rings. The maximum Gasteiger partial charge on any atom is 0.243 e. The van der Waals surface area contributed by atoms with Gasteiger partial charge in [0.15, 0.2) is 0 Å². The van der Waals surface area contributed by atoms with Gasteiger partial charge in [-0.1, -0.05) is 6.08 Å². The van der Waals surface area contributed by atoms with Crippen molar-refractivity contribution in [3.05, 3.63) is 12.2 Å². The lowest BCUT2D eigenvalue weighted by Gasteiger charge is -2.31. The number of nitrogens with one attached hydrogen (secondary N) is 1. The molecule has 1 amide bonds. The Kier molecular flexibility index (Phi) is 2.66. The van der Waals surface area contributed by atoms with Crippen LogP contribution >= 0.6 is 0 Å². The summed E-state index contributed by atoms with van der Waals surface area (Å²) in [6.07, 6.45) is 7.71. The average Bonchev–Trinajstić information content (AvgIpc) is 2.19. The lowest BCUT2D eigenvalue weighted by atomic mass is 9.81. The van der Waals surface area contributed by atoms with E-state index in [0.29, 0.717) is 24.5 Å². The van der Waals surface area contributed by atoms with E-state index in [2.05, 4.69) is 5.32 Å². The average molecular weight is 193 g/mol. The maximum absolute atomic E-state index is 11.1. The summed E-state index contributed by atoms with van der Waals surface area (Å²) in [4.78, 5) is 22.2. The van der Waals surface area contributed by atoms with Gasteiger partial charge in [-0.2, -0.15) is 0 Å². The Morgan fingerprint density at radius 2 is 1.93 bits per heavy atom. The third-order valence-electron chi connectivity index (χ3n) is 3.14. The van der Waals surface area contributed by atoms with Crippen molar-refractivity contribution in [3.63, 3.8) is 0 Å². The Bertz CT molecular complexity index is 273. The molecular formula is C11H15NO2. The van der Waals surface area contributed by atoms with Crippen LogP contribution in [0.25, 0.3) is 0 Å². The van der Waals surface area contributed by atoms with Crippen molar-refractivity contribution >= 4 is 11.7 Å². The zero-order chi connectivity index (χ0) is 9.97. The minimum Gasteiger partial charge on any atom is -0.349 e. The Balaban J connectivity index is 1.92. The zero-order valence-electron chi connectivity index (χ0n) is 8.16. The predicted octanol–water partition coefficient (Wildman–Crippen LogP) is 1.19. The van der Waals surface area contributed by atoms with Crippen molar-refractivity contribution in [2.75, 3.05) is 0 Å². The zero-order valence-corrected chi connectivity index (χ0v) is 8.16. The number of hydrogen-bond acceptors (Lipinski definition) is 2. The predicted molar refractivity (Wildman–Crippen MR) is 52.7 cm³/mol. The molecule has 76 valence electrons. The van der Waals surface area contributed by atoms with Crippen LogP contribution in [0.2, 0.25) is 0 Å². The van der Waals surface area contributed by atoms with Crippen molar-refractivity contribution in [3.8, 4) is 0 Å². The highest BCUT2D eigenvalue weighted by Gasteiger charge is 2.27. The molecule has 0 bridgehead atoms. The summed E-state index contributed by atoms with van der Waals surface area (Å²) < 4.78 is 0. The molecule has 1 fully saturated rings. The number of amides is 1. The molecule has 0 aromatic rings. The minimum absolute atomic E-state index is 0.0122. The third kappa shape index (κ3) is 2.03. The molecule has 1 aliphatic heterocycles. The van der Waals surface area contributed by atoms with E-state index in [1.54, 1.807) is 6.08 Å². The van der Waals surface area contributed by atoms with Gasteiger partial charge in [-0.15, -0.1) is 0 Å². The van der Waals surface area contributed by atoms with Crippen LogP contribution in [0, 0.1) is 5.92 Å². The molecule has 3 nitrogen and oxygen atoms in total. The van der Waals surface area contributed by atoms with E-state index in [-0.39, 0.29) is 11.9 Å². The molecule has 0 radical (unpaired) electrons. The van der Waals surface area contributed by atoms with Gasteiger partial charge in [0.1, 0.15) is 5.78 Å². The van der Waals surface area contributed by atoms with Gasteiger partial charge in [0, 0.05) is 18.9 Å². The van der Waals surface area contributed by atoms with Gasteiger partial charge in [0.25, 0.3) is 0 Å². The van der Waals surface area contributed by atoms with Crippen molar-refractivity contribution in [2.45, 2.75) is 38.1 Å².